The smallest absolute Gasteiger partial charge is 0.261 e. The lowest BCUT2D eigenvalue weighted by molar-refractivity contribution is 0.102. The summed E-state index contributed by atoms with van der Waals surface area (Å²) in [7, 11) is 0. The minimum Gasteiger partial charge on any atom is -0.490 e. The Hall–Kier alpha value is -2.79. The van der Waals surface area contributed by atoms with E-state index in [4.69, 9.17) is 16.3 Å². The van der Waals surface area contributed by atoms with Crippen molar-refractivity contribution in [1.29, 1.82) is 0 Å². The van der Waals surface area contributed by atoms with E-state index in [1.54, 1.807) is 18.3 Å². The van der Waals surface area contributed by atoms with Crippen LogP contribution >= 0.6 is 11.6 Å². The van der Waals surface area contributed by atoms with Gasteiger partial charge in [0.05, 0.1) is 22.5 Å². The first-order chi connectivity index (χ1) is 13.0. The van der Waals surface area contributed by atoms with Gasteiger partial charge in [-0.25, -0.2) is 0 Å². The zero-order valence-electron chi connectivity index (χ0n) is 15.1. The molecule has 27 heavy (non-hydrogen) atoms. The fourth-order valence-corrected chi connectivity index (χ4v) is 3.79. The molecular formula is C21H19ClN2O3. The number of para-hydroxylation sites is 1. The minimum atomic E-state index is -0.428. The van der Waals surface area contributed by atoms with E-state index >= 15 is 0 Å². The van der Waals surface area contributed by atoms with E-state index in [0.29, 0.717) is 34.8 Å². The van der Waals surface area contributed by atoms with Gasteiger partial charge in [-0.2, -0.15) is 0 Å². The molecule has 0 fully saturated rings. The van der Waals surface area contributed by atoms with Crippen LogP contribution in [0, 0.1) is 6.92 Å². The number of hydrogen-bond donors (Lipinski definition) is 1. The normalized spacial score (nSPS) is 12.7. The highest BCUT2D eigenvalue weighted by Gasteiger charge is 2.22. The number of pyridine rings is 1. The van der Waals surface area contributed by atoms with E-state index in [0.717, 1.165) is 23.2 Å². The average molecular weight is 383 g/mol. The summed E-state index contributed by atoms with van der Waals surface area (Å²) in [5.41, 5.74) is 3.07. The molecule has 0 bridgehead atoms. The van der Waals surface area contributed by atoms with E-state index < -0.39 is 5.91 Å². The summed E-state index contributed by atoms with van der Waals surface area (Å²) in [6, 6.07) is 9.25. The second-order valence-electron chi connectivity index (χ2n) is 6.60. The SMILES string of the molecule is CCc1cccc(C)c1NC(=O)c1cn2c3c(ccc(Cl)c3c1=O)OCC2. The van der Waals surface area contributed by atoms with Gasteiger partial charge in [0.1, 0.15) is 17.9 Å². The third-order valence-corrected chi connectivity index (χ3v) is 5.26. The zero-order chi connectivity index (χ0) is 19.1. The molecule has 0 unspecified atom stereocenters. The first kappa shape index (κ1) is 17.6. The molecular weight excluding hydrogens is 364 g/mol. The molecule has 5 nitrogen and oxygen atoms in total. The highest BCUT2D eigenvalue weighted by molar-refractivity contribution is 6.35. The van der Waals surface area contributed by atoms with Crippen molar-refractivity contribution in [2.24, 2.45) is 0 Å². The second kappa shape index (κ2) is 6.74. The quantitative estimate of drug-likeness (QED) is 0.739. The van der Waals surface area contributed by atoms with E-state index in [1.807, 2.05) is 36.6 Å². The Balaban J connectivity index is 1.86. The highest BCUT2D eigenvalue weighted by Crippen LogP contribution is 2.32. The maximum Gasteiger partial charge on any atom is 0.261 e. The van der Waals surface area contributed by atoms with Crippen LogP contribution < -0.4 is 15.5 Å². The third-order valence-electron chi connectivity index (χ3n) is 4.95. The topological polar surface area (TPSA) is 60.3 Å². The number of aromatic nitrogens is 1. The molecule has 138 valence electrons. The first-order valence-electron chi connectivity index (χ1n) is 8.89. The van der Waals surface area contributed by atoms with Crippen molar-refractivity contribution in [2.75, 3.05) is 11.9 Å². The van der Waals surface area contributed by atoms with Crippen molar-refractivity contribution in [2.45, 2.75) is 26.8 Å². The molecule has 6 heteroatoms. The van der Waals surface area contributed by atoms with Crippen LogP contribution in [0.1, 0.15) is 28.4 Å². The Morgan fingerprint density at radius 3 is 2.89 bits per heavy atom. The molecule has 0 aliphatic carbocycles. The lowest BCUT2D eigenvalue weighted by Gasteiger charge is -2.22. The molecule has 1 aromatic heterocycles. The monoisotopic (exact) mass is 382 g/mol. The van der Waals surface area contributed by atoms with Gasteiger partial charge in [0, 0.05) is 11.9 Å². The van der Waals surface area contributed by atoms with Gasteiger partial charge < -0.3 is 14.6 Å². The lowest BCUT2D eigenvalue weighted by Crippen LogP contribution is -2.27. The maximum atomic E-state index is 13.1. The van der Waals surface area contributed by atoms with Crippen molar-refractivity contribution in [3.8, 4) is 5.75 Å². The van der Waals surface area contributed by atoms with Crippen LogP contribution in [0.3, 0.4) is 0 Å². The summed E-state index contributed by atoms with van der Waals surface area (Å²) in [6.45, 7) is 4.99. The number of ether oxygens (including phenoxy) is 1. The number of benzene rings is 2. The van der Waals surface area contributed by atoms with Gasteiger partial charge in [-0.1, -0.05) is 36.7 Å². The van der Waals surface area contributed by atoms with Crippen LogP contribution in [0.25, 0.3) is 10.9 Å². The summed E-state index contributed by atoms with van der Waals surface area (Å²) in [4.78, 5) is 26.0. The van der Waals surface area contributed by atoms with E-state index in [-0.39, 0.29) is 11.0 Å². The van der Waals surface area contributed by atoms with E-state index in [2.05, 4.69) is 5.32 Å². The van der Waals surface area contributed by atoms with Crippen LogP contribution in [0.5, 0.6) is 5.75 Å². The molecule has 0 saturated heterocycles. The highest BCUT2D eigenvalue weighted by atomic mass is 35.5. The fraction of sp³-hybridized carbons (Fsp3) is 0.238. The number of carbonyl (C=O) groups excluding carboxylic acids is 1. The Kier molecular flexibility index (Phi) is 4.40. The largest absolute Gasteiger partial charge is 0.490 e. The van der Waals surface area contributed by atoms with E-state index in [1.165, 1.54) is 0 Å². The standard InChI is InChI=1S/C21H19ClN2O3/c1-3-13-6-4-5-12(2)18(13)23-21(26)14-11-24-9-10-27-16-8-7-15(22)17(19(16)24)20(14)25/h4-8,11H,3,9-10H2,1-2H3,(H,23,26). The zero-order valence-corrected chi connectivity index (χ0v) is 15.9. The molecule has 2 aromatic carbocycles. The molecule has 2 heterocycles. The van der Waals surface area contributed by atoms with Gasteiger partial charge in [-0.15, -0.1) is 0 Å². The summed E-state index contributed by atoms with van der Waals surface area (Å²) in [5.74, 6) is 0.180. The Morgan fingerprint density at radius 2 is 2.11 bits per heavy atom. The molecule has 0 saturated carbocycles. The van der Waals surface area contributed by atoms with Gasteiger partial charge in [-0.05, 0) is 36.6 Å². The molecule has 1 amide bonds. The van der Waals surface area contributed by atoms with Crippen LogP contribution in [-0.2, 0) is 13.0 Å². The number of carbonyl (C=O) groups is 1. The number of hydrogen-bond acceptors (Lipinski definition) is 3. The number of amides is 1. The summed E-state index contributed by atoms with van der Waals surface area (Å²) < 4.78 is 7.50. The van der Waals surface area contributed by atoms with Gasteiger partial charge >= 0.3 is 0 Å². The van der Waals surface area contributed by atoms with Crippen molar-refractivity contribution in [3.05, 3.63) is 68.5 Å². The van der Waals surface area contributed by atoms with Crippen LogP contribution in [0.2, 0.25) is 5.02 Å². The molecule has 1 aliphatic heterocycles. The number of halogens is 1. The molecule has 3 aromatic rings. The summed E-state index contributed by atoms with van der Waals surface area (Å²) in [5, 5.41) is 3.57. The second-order valence-corrected chi connectivity index (χ2v) is 7.01. The molecule has 1 aliphatic rings. The summed E-state index contributed by atoms with van der Waals surface area (Å²) in [6.07, 6.45) is 2.39. The fourth-order valence-electron chi connectivity index (χ4n) is 3.55. The minimum absolute atomic E-state index is 0.0776. The van der Waals surface area contributed by atoms with Gasteiger partial charge in [0.2, 0.25) is 5.43 Å². The van der Waals surface area contributed by atoms with Crippen LogP contribution in [0.15, 0.2) is 41.3 Å². The van der Waals surface area contributed by atoms with Crippen molar-refractivity contribution >= 4 is 34.1 Å². The molecule has 4 rings (SSSR count). The molecule has 0 radical (unpaired) electrons. The van der Waals surface area contributed by atoms with Crippen molar-refractivity contribution < 1.29 is 9.53 Å². The van der Waals surface area contributed by atoms with Crippen LogP contribution in [-0.4, -0.2) is 17.1 Å². The van der Waals surface area contributed by atoms with Crippen molar-refractivity contribution in [3.63, 3.8) is 0 Å². The van der Waals surface area contributed by atoms with Gasteiger partial charge in [-0.3, -0.25) is 9.59 Å². The van der Waals surface area contributed by atoms with Gasteiger partial charge in [0.25, 0.3) is 5.91 Å². The lowest BCUT2D eigenvalue weighted by atomic mass is 10.0. The van der Waals surface area contributed by atoms with Crippen LogP contribution in [0.4, 0.5) is 5.69 Å². The number of rotatable bonds is 3. The Morgan fingerprint density at radius 1 is 1.30 bits per heavy atom. The number of nitrogens with zero attached hydrogens (tertiary/aromatic N) is 1. The first-order valence-corrected chi connectivity index (χ1v) is 9.27. The van der Waals surface area contributed by atoms with Crippen molar-refractivity contribution in [1.82, 2.24) is 4.57 Å². The maximum absolute atomic E-state index is 13.1. The Labute approximate surface area is 161 Å². The number of anilines is 1. The average Bonchev–Trinajstić information content (AvgIpc) is 2.67. The Bertz CT molecular complexity index is 1130. The third kappa shape index (κ3) is 2.88. The summed E-state index contributed by atoms with van der Waals surface area (Å²) >= 11 is 6.30. The molecule has 0 spiro atoms. The number of aryl methyl sites for hydroxylation is 2. The predicted octanol–water partition coefficient (Wildman–Crippen LogP) is 4.17. The molecule has 1 N–H and O–H groups in total. The predicted molar refractivity (Wildman–Crippen MR) is 107 cm³/mol. The van der Waals surface area contributed by atoms with E-state index in [9.17, 15) is 9.59 Å². The van der Waals surface area contributed by atoms with Gasteiger partial charge in [0.15, 0.2) is 0 Å². The number of nitrogens with one attached hydrogen (secondary N) is 1. The molecule has 0 atom stereocenters.